The van der Waals surface area contributed by atoms with Gasteiger partial charge in [0, 0.05) is 52.9 Å². The molecular weight excluding hydrogens is 538 g/mol. The minimum absolute atomic E-state index is 0.00499. The standard InChI is InChI=1S/C36H35N3O2S/c1-36(2)25-32(38-42-34-19-11-13-26-12-9-10-18-30(26)34)31-24-27(20-21-33(31)41-36)35(40)39(29-16-7-4-8-17-29)23-22-37-28-14-5-3-6-15-28/h3-21,24,32,37-38H,22-23,25H2,1-2H3. The summed E-state index contributed by atoms with van der Waals surface area (Å²) in [4.78, 5) is 17.1. The molecule has 2 N–H and O–H groups in total. The Morgan fingerprint density at radius 2 is 1.60 bits per heavy atom. The minimum Gasteiger partial charge on any atom is -0.487 e. The number of anilines is 2. The van der Waals surface area contributed by atoms with Crippen LogP contribution in [-0.4, -0.2) is 24.6 Å². The molecule has 0 spiro atoms. The van der Waals surface area contributed by atoms with Crippen molar-refractivity contribution in [2.24, 2.45) is 0 Å². The van der Waals surface area contributed by atoms with E-state index < -0.39 is 0 Å². The van der Waals surface area contributed by atoms with Crippen LogP contribution in [0.2, 0.25) is 0 Å². The summed E-state index contributed by atoms with van der Waals surface area (Å²) in [5.41, 5.74) is 3.21. The summed E-state index contributed by atoms with van der Waals surface area (Å²) in [6, 6.07) is 40.6. The highest BCUT2D eigenvalue weighted by Gasteiger charge is 2.34. The van der Waals surface area contributed by atoms with Gasteiger partial charge in [-0.1, -0.05) is 72.8 Å². The summed E-state index contributed by atoms with van der Waals surface area (Å²) in [6.07, 6.45) is 0.777. The Morgan fingerprint density at radius 1 is 0.881 bits per heavy atom. The number of rotatable bonds is 9. The van der Waals surface area contributed by atoms with Crippen molar-refractivity contribution in [3.8, 4) is 5.75 Å². The Bertz CT molecular complexity index is 1670. The van der Waals surface area contributed by atoms with Gasteiger partial charge in [-0.3, -0.25) is 9.52 Å². The van der Waals surface area contributed by atoms with Gasteiger partial charge in [-0.25, -0.2) is 0 Å². The van der Waals surface area contributed by atoms with Gasteiger partial charge in [-0.15, -0.1) is 0 Å². The molecule has 0 bridgehead atoms. The van der Waals surface area contributed by atoms with Crippen LogP contribution >= 0.6 is 11.9 Å². The van der Waals surface area contributed by atoms with Crippen LogP contribution in [-0.2, 0) is 0 Å². The summed E-state index contributed by atoms with van der Waals surface area (Å²) in [7, 11) is 0. The predicted molar refractivity (Wildman–Crippen MR) is 174 cm³/mol. The van der Waals surface area contributed by atoms with Gasteiger partial charge in [0.05, 0.1) is 0 Å². The van der Waals surface area contributed by atoms with Crippen LogP contribution in [0.25, 0.3) is 10.8 Å². The molecule has 1 amide bonds. The van der Waals surface area contributed by atoms with E-state index in [2.05, 4.69) is 66.4 Å². The van der Waals surface area contributed by atoms with Gasteiger partial charge in [-0.2, -0.15) is 0 Å². The zero-order valence-electron chi connectivity index (χ0n) is 23.9. The third-order valence-corrected chi connectivity index (χ3v) is 8.50. The number of nitrogens with zero attached hydrogens (tertiary/aromatic N) is 1. The summed E-state index contributed by atoms with van der Waals surface area (Å²) >= 11 is 1.64. The van der Waals surface area contributed by atoms with Crippen molar-refractivity contribution in [3.63, 3.8) is 0 Å². The normalized spacial score (nSPS) is 15.4. The van der Waals surface area contributed by atoms with Crippen LogP contribution in [0.4, 0.5) is 11.4 Å². The Kier molecular flexibility index (Phi) is 8.17. The van der Waals surface area contributed by atoms with Crippen LogP contribution in [0.1, 0.15) is 42.2 Å². The first-order valence-electron chi connectivity index (χ1n) is 14.4. The average molecular weight is 574 g/mol. The number of amides is 1. The maximum Gasteiger partial charge on any atom is 0.258 e. The van der Waals surface area contributed by atoms with Crippen LogP contribution in [0, 0.1) is 0 Å². The molecule has 212 valence electrons. The summed E-state index contributed by atoms with van der Waals surface area (Å²) in [5, 5.41) is 5.87. The van der Waals surface area contributed by atoms with Gasteiger partial charge in [0.25, 0.3) is 5.91 Å². The predicted octanol–water partition coefficient (Wildman–Crippen LogP) is 8.50. The third kappa shape index (κ3) is 6.30. The maximum atomic E-state index is 14.1. The van der Waals surface area contributed by atoms with Gasteiger partial charge in [0.1, 0.15) is 11.4 Å². The quantitative estimate of drug-likeness (QED) is 0.173. The number of carbonyl (C=O) groups is 1. The lowest BCUT2D eigenvalue weighted by atomic mass is 9.89. The number of benzene rings is 5. The molecule has 1 aliphatic rings. The van der Waals surface area contributed by atoms with Gasteiger partial charge in [0.15, 0.2) is 0 Å². The number of nitrogens with one attached hydrogen (secondary N) is 2. The average Bonchev–Trinajstić information content (AvgIpc) is 3.02. The van der Waals surface area contributed by atoms with E-state index in [9.17, 15) is 4.79 Å². The van der Waals surface area contributed by atoms with E-state index in [0.717, 1.165) is 29.1 Å². The molecular formula is C36H35N3O2S. The molecule has 0 fully saturated rings. The van der Waals surface area contributed by atoms with Gasteiger partial charge >= 0.3 is 0 Å². The summed E-state index contributed by atoms with van der Waals surface area (Å²) < 4.78 is 10.1. The monoisotopic (exact) mass is 573 g/mol. The lowest BCUT2D eigenvalue weighted by molar-refractivity contribution is 0.0705. The first kappa shape index (κ1) is 27.9. The lowest BCUT2D eigenvalue weighted by Crippen LogP contribution is -2.38. The second kappa shape index (κ2) is 12.3. The van der Waals surface area contributed by atoms with E-state index in [1.54, 1.807) is 11.9 Å². The van der Waals surface area contributed by atoms with E-state index in [1.165, 1.54) is 15.7 Å². The lowest BCUT2D eigenvalue weighted by Gasteiger charge is -2.38. The van der Waals surface area contributed by atoms with Gasteiger partial charge in [-0.05, 0) is 85.1 Å². The maximum absolute atomic E-state index is 14.1. The van der Waals surface area contributed by atoms with Crippen LogP contribution in [0.5, 0.6) is 5.75 Å². The van der Waals surface area contributed by atoms with E-state index in [-0.39, 0.29) is 17.6 Å². The fraction of sp³-hybridized carbons (Fsp3) is 0.194. The SMILES string of the molecule is CC1(C)CC(NSc2cccc3ccccc23)c2cc(C(=O)N(CCNc3ccccc3)c3ccccc3)ccc2O1. The van der Waals surface area contributed by atoms with Crippen molar-refractivity contribution >= 4 is 40.0 Å². The molecule has 1 aliphatic heterocycles. The topological polar surface area (TPSA) is 53.6 Å². The Balaban J connectivity index is 1.26. The first-order chi connectivity index (χ1) is 20.5. The summed E-state index contributed by atoms with van der Waals surface area (Å²) in [5.74, 6) is 0.778. The van der Waals surface area contributed by atoms with E-state index >= 15 is 0 Å². The molecule has 0 saturated carbocycles. The zero-order valence-corrected chi connectivity index (χ0v) is 24.7. The molecule has 1 atom stereocenters. The van der Waals surface area contributed by atoms with Crippen LogP contribution < -0.4 is 19.7 Å². The molecule has 0 radical (unpaired) electrons. The van der Waals surface area contributed by atoms with Gasteiger partial charge in [0.2, 0.25) is 0 Å². The van der Waals surface area contributed by atoms with E-state index in [4.69, 9.17) is 4.74 Å². The second-order valence-electron chi connectivity index (χ2n) is 11.2. The molecule has 5 nitrogen and oxygen atoms in total. The largest absolute Gasteiger partial charge is 0.487 e. The van der Waals surface area contributed by atoms with Crippen molar-refractivity contribution in [3.05, 3.63) is 132 Å². The molecule has 1 heterocycles. The molecule has 1 unspecified atom stereocenters. The third-order valence-electron chi connectivity index (χ3n) is 7.53. The Morgan fingerprint density at radius 3 is 2.40 bits per heavy atom. The van der Waals surface area contributed by atoms with Crippen molar-refractivity contribution < 1.29 is 9.53 Å². The van der Waals surface area contributed by atoms with Crippen LogP contribution in [0.3, 0.4) is 0 Å². The molecule has 0 aliphatic carbocycles. The molecule has 42 heavy (non-hydrogen) atoms. The van der Waals surface area contributed by atoms with Crippen molar-refractivity contribution in [1.82, 2.24) is 4.72 Å². The molecule has 5 aromatic rings. The van der Waals surface area contributed by atoms with Crippen LogP contribution in [0.15, 0.2) is 126 Å². The Hall–Kier alpha value is -4.26. The second-order valence-corrected chi connectivity index (χ2v) is 12.0. The minimum atomic E-state index is -0.339. The number of fused-ring (bicyclic) bond motifs is 2. The van der Waals surface area contributed by atoms with E-state index in [1.807, 2.05) is 83.8 Å². The number of para-hydroxylation sites is 2. The summed E-state index contributed by atoms with van der Waals surface area (Å²) in [6.45, 7) is 5.38. The zero-order chi connectivity index (χ0) is 28.9. The van der Waals surface area contributed by atoms with Gasteiger partial charge < -0.3 is 15.0 Å². The highest BCUT2D eigenvalue weighted by atomic mass is 32.2. The van der Waals surface area contributed by atoms with E-state index in [0.29, 0.717) is 18.7 Å². The smallest absolute Gasteiger partial charge is 0.258 e. The number of ether oxygens (including phenoxy) is 1. The molecule has 5 aromatic carbocycles. The molecule has 6 heteroatoms. The molecule has 0 aromatic heterocycles. The highest BCUT2D eigenvalue weighted by molar-refractivity contribution is 7.97. The van der Waals surface area contributed by atoms with Crippen molar-refractivity contribution in [2.75, 3.05) is 23.3 Å². The number of hydrogen-bond donors (Lipinski definition) is 2. The first-order valence-corrected chi connectivity index (χ1v) is 15.2. The highest BCUT2D eigenvalue weighted by Crippen LogP contribution is 2.42. The molecule has 6 rings (SSSR count). The fourth-order valence-corrected chi connectivity index (χ4v) is 6.41. The van der Waals surface area contributed by atoms with Crippen molar-refractivity contribution in [1.29, 1.82) is 0 Å². The Labute approximate surface area is 252 Å². The van der Waals surface area contributed by atoms with Crippen molar-refractivity contribution in [2.45, 2.75) is 36.8 Å². The fourth-order valence-electron chi connectivity index (χ4n) is 5.49. The number of hydrogen-bond acceptors (Lipinski definition) is 5. The molecule has 0 saturated heterocycles. The number of carbonyl (C=O) groups excluding carboxylic acids is 1.